The van der Waals surface area contributed by atoms with Crippen LogP contribution in [0.1, 0.15) is 38.3 Å². The van der Waals surface area contributed by atoms with Crippen molar-refractivity contribution in [2.24, 2.45) is 0 Å². The highest BCUT2D eigenvalue weighted by atomic mass is 16.6. The molecule has 0 unspecified atom stereocenters. The van der Waals surface area contributed by atoms with Crippen LogP contribution >= 0.6 is 0 Å². The van der Waals surface area contributed by atoms with Gasteiger partial charge in [0.2, 0.25) is 0 Å². The lowest BCUT2D eigenvalue weighted by Gasteiger charge is -2.19. The van der Waals surface area contributed by atoms with Crippen LogP contribution in [0.25, 0.3) is 11.1 Å². The van der Waals surface area contributed by atoms with Crippen molar-refractivity contribution in [3.05, 3.63) is 90.0 Å². The molecule has 0 aromatic heterocycles. The van der Waals surface area contributed by atoms with E-state index in [-0.39, 0.29) is 6.61 Å². The van der Waals surface area contributed by atoms with Crippen LogP contribution in [0.5, 0.6) is 5.75 Å². The SMILES string of the molecule is CC(C)(C)OC(=O)NCc1ccc(-c2cccc(OCCCNC(=O)OCc3ccccc3)c2)cc1. The van der Waals surface area contributed by atoms with Crippen molar-refractivity contribution in [3.8, 4) is 16.9 Å². The Bertz CT molecular complexity index is 1110. The minimum Gasteiger partial charge on any atom is -0.494 e. The van der Waals surface area contributed by atoms with Gasteiger partial charge < -0.3 is 24.8 Å². The molecule has 3 aromatic carbocycles. The second kappa shape index (κ2) is 13.2. The van der Waals surface area contributed by atoms with Crippen molar-refractivity contribution >= 4 is 12.2 Å². The molecule has 0 aliphatic carbocycles. The summed E-state index contributed by atoms with van der Waals surface area (Å²) in [7, 11) is 0. The van der Waals surface area contributed by atoms with Crippen LogP contribution in [0.2, 0.25) is 0 Å². The van der Waals surface area contributed by atoms with E-state index in [0.29, 0.717) is 26.1 Å². The van der Waals surface area contributed by atoms with Crippen molar-refractivity contribution < 1.29 is 23.8 Å². The minimum atomic E-state index is -0.522. The number of carbonyl (C=O) groups is 2. The Kier molecular flexibility index (Phi) is 9.74. The maximum Gasteiger partial charge on any atom is 0.407 e. The molecule has 0 aliphatic rings. The van der Waals surface area contributed by atoms with E-state index in [0.717, 1.165) is 28.0 Å². The average Bonchev–Trinajstić information content (AvgIpc) is 2.86. The molecule has 3 aromatic rings. The zero-order chi connectivity index (χ0) is 25.8. The maximum atomic E-state index is 11.8. The summed E-state index contributed by atoms with van der Waals surface area (Å²) in [6.07, 6.45) is -0.217. The lowest BCUT2D eigenvalue weighted by Crippen LogP contribution is -2.32. The molecular formula is C29H34N2O5. The number of hydrogen-bond acceptors (Lipinski definition) is 5. The van der Waals surface area contributed by atoms with Gasteiger partial charge in [-0.1, -0.05) is 66.7 Å². The highest BCUT2D eigenvalue weighted by Gasteiger charge is 2.15. The fourth-order valence-electron chi connectivity index (χ4n) is 3.30. The lowest BCUT2D eigenvalue weighted by atomic mass is 10.0. The number of hydrogen-bond donors (Lipinski definition) is 2. The van der Waals surface area contributed by atoms with Crippen LogP contribution in [-0.2, 0) is 22.6 Å². The number of rotatable bonds is 10. The Hall–Kier alpha value is -4.00. The molecule has 0 bridgehead atoms. The van der Waals surface area contributed by atoms with Gasteiger partial charge in [0.05, 0.1) is 6.61 Å². The van der Waals surface area contributed by atoms with Gasteiger partial charge in [-0.05, 0) is 61.6 Å². The summed E-state index contributed by atoms with van der Waals surface area (Å²) in [4.78, 5) is 23.6. The average molecular weight is 491 g/mol. The number of nitrogens with one attached hydrogen (secondary N) is 2. The lowest BCUT2D eigenvalue weighted by molar-refractivity contribution is 0.0523. The minimum absolute atomic E-state index is 0.247. The fraction of sp³-hybridized carbons (Fsp3) is 0.310. The Morgan fingerprint density at radius 1 is 0.778 bits per heavy atom. The molecule has 0 aliphatic heterocycles. The normalized spacial score (nSPS) is 10.9. The standard InChI is InChI=1S/C29H34N2O5/c1-29(2,3)36-28(33)31-20-22-13-15-24(16-14-22)25-11-7-12-26(19-25)34-18-8-17-30-27(32)35-21-23-9-5-4-6-10-23/h4-7,9-16,19H,8,17-18,20-21H2,1-3H3,(H,30,32)(H,31,33). The molecule has 0 heterocycles. The van der Waals surface area contributed by atoms with Crippen molar-refractivity contribution in [2.45, 2.75) is 45.9 Å². The van der Waals surface area contributed by atoms with E-state index in [1.165, 1.54) is 0 Å². The zero-order valence-corrected chi connectivity index (χ0v) is 21.1. The van der Waals surface area contributed by atoms with Crippen molar-refractivity contribution in [1.82, 2.24) is 10.6 Å². The molecule has 0 atom stereocenters. The smallest absolute Gasteiger partial charge is 0.407 e. The van der Waals surface area contributed by atoms with Gasteiger partial charge in [-0.15, -0.1) is 0 Å². The number of alkyl carbamates (subject to hydrolysis) is 2. The summed E-state index contributed by atoms with van der Waals surface area (Å²) in [5.74, 6) is 0.759. The van der Waals surface area contributed by atoms with E-state index in [2.05, 4.69) is 10.6 Å². The summed E-state index contributed by atoms with van der Waals surface area (Å²) in [6.45, 7) is 7.08. The van der Waals surface area contributed by atoms with E-state index >= 15 is 0 Å². The van der Waals surface area contributed by atoms with E-state index in [1.54, 1.807) is 0 Å². The molecule has 2 amide bonds. The second-order valence-electron chi connectivity index (χ2n) is 9.27. The van der Waals surface area contributed by atoms with Crippen LogP contribution in [0.15, 0.2) is 78.9 Å². The molecular weight excluding hydrogens is 456 g/mol. The Morgan fingerprint density at radius 2 is 1.53 bits per heavy atom. The van der Waals surface area contributed by atoms with Gasteiger partial charge in [0.25, 0.3) is 0 Å². The van der Waals surface area contributed by atoms with Crippen LogP contribution in [0.4, 0.5) is 9.59 Å². The summed E-state index contributed by atoms with van der Waals surface area (Å²) >= 11 is 0. The summed E-state index contributed by atoms with van der Waals surface area (Å²) in [6, 6.07) is 25.4. The third kappa shape index (κ3) is 9.70. The first-order chi connectivity index (χ1) is 17.3. The van der Waals surface area contributed by atoms with E-state index in [4.69, 9.17) is 14.2 Å². The summed E-state index contributed by atoms with van der Waals surface area (Å²) < 4.78 is 16.3. The molecule has 7 heteroatoms. The first-order valence-electron chi connectivity index (χ1n) is 12.0. The number of carbonyl (C=O) groups excluding carboxylic acids is 2. The molecule has 0 saturated carbocycles. The van der Waals surface area contributed by atoms with Gasteiger partial charge in [-0.25, -0.2) is 9.59 Å². The van der Waals surface area contributed by atoms with Crippen LogP contribution in [0.3, 0.4) is 0 Å². The molecule has 0 saturated heterocycles. The van der Waals surface area contributed by atoms with Gasteiger partial charge in [0.1, 0.15) is 18.0 Å². The first kappa shape index (κ1) is 26.6. The van der Waals surface area contributed by atoms with Crippen molar-refractivity contribution in [3.63, 3.8) is 0 Å². The third-order valence-electron chi connectivity index (χ3n) is 5.03. The Morgan fingerprint density at radius 3 is 2.25 bits per heavy atom. The molecule has 2 N–H and O–H groups in total. The molecule has 190 valence electrons. The maximum absolute atomic E-state index is 11.8. The molecule has 36 heavy (non-hydrogen) atoms. The van der Waals surface area contributed by atoms with Crippen LogP contribution < -0.4 is 15.4 Å². The van der Waals surface area contributed by atoms with Gasteiger partial charge in [0, 0.05) is 13.1 Å². The predicted octanol–water partition coefficient (Wildman–Crippen LogP) is 6.07. The monoisotopic (exact) mass is 490 g/mol. The molecule has 0 fully saturated rings. The van der Waals surface area contributed by atoms with Crippen LogP contribution in [0, 0.1) is 0 Å². The van der Waals surface area contributed by atoms with E-state index in [1.807, 2.05) is 99.6 Å². The van der Waals surface area contributed by atoms with Crippen molar-refractivity contribution in [1.29, 1.82) is 0 Å². The third-order valence-corrected chi connectivity index (χ3v) is 5.03. The van der Waals surface area contributed by atoms with Gasteiger partial charge in [-0.2, -0.15) is 0 Å². The Labute approximate surface area is 212 Å². The van der Waals surface area contributed by atoms with Gasteiger partial charge in [-0.3, -0.25) is 0 Å². The molecule has 7 nitrogen and oxygen atoms in total. The number of amides is 2. The number of benzene rings is 3. The first-order valence-corrected chi connectivity index (χ1v) is 12.0. The topological polar surface area (TPSA) is 85.9 Å². The largest absolute Gasteiger partial charge is 0.494 e. The second-order valence-corrected chi connectivity index (χ2v) is 9.27. The fourth-order valence-corrected chi connectivity index (χ4v) is 3.30. The quantitative estimate of drug-likeness (QED) is 0.337. The zero-order valence-electron chi connectivity index (χ0n) is 21.1. The van der Waals surface area contributed by atoms with Gasteiger partial charge >= 0.3 is 12.2 Å². The summed E-state index contributed by atoms with van der Waals surface area (Å²) in [5, 5.41) is 5.50. The predicted molar refractivity (Wildman–Crippen MR) is 140 cm³/mol. The van der Waals surface area contributed by atoms with E-state index in [9.17, 15) is 9.59 Å². The van der Waals surface area contributed by atoms with Crippen molar-refractivity contribution in [2.75, 3.05) is 13.2 Å². The Balaban J connectivity index is 1.38. The number of ether oxygens (including phenoxy) is 3. The summed E-state index contributed by atoms with van der Waals surface area (Å²) in [5.41, 5.74) is 3.48. The highest BCUT2D eigenvalue weighted by Crippen LogP contribution is 2.24. The molecule has 0 spiro atoms. The highest BCUT2D eigenvalue weighted by molar-refractivity contribution is 5.68. The van der Waals surface area contributed by atoms with E-state index < -0.39 is 17.8 Å². The molecule has 0 radical (unpaired) electrons. The van der Waals surface area contributed by atoms with Gasteiger partial charge in [0.15, 0.2) is 0 Å². The molecule has 3 rings (SSSR count). The van der Waals surface area contributed by atoms with Crippen LogP contribution in [-0.4, -0.2) is 30.9 Å².